The van der Waals surface area contributed by atoms with Crippen molar-refractivity contribution in [2.45, 2.75) is 18.2 Å². The maximum Gasteiger partial charge on any atom is 0.243 e. The highest BCUT2D eigenvalue weighted by Gasteiger charge is 2.27. The molecule has 0 aromatic heterocycles. The number of halogens is 1. The summed E-state index contributed by atoms with van der Waals surface area (Å²) in [5.74, 6) is -0.651. The third-order valence-electron chi connectivity index (χ3n) is 3.85. The van der Waals surface area contributed by atoms with Crippen LogP contribution >= 0.6 is 0 Å². The zero-order chi connectivity index (χ0) is 17.0. The number of nitrogens with one attached hydrogen (secondary N) is 1. The number of carbonyl (C=O) groups excluding carboxylic acids is 1. The lowest BCUT2D eigenvalue weighted by Crippen LogP contribution is -2.39. The third-order valence-corrected chi connectivity index (χ3v) is 5.72. The first-order valence-electron chi connectivity index (χ1n) is 7.53. The maximum atomic E-state index is 13.5. The van der Waals surface area contributed by atoms with Crippen molar-refractivity contribution in [3.05, 3.63) is 29.6 Å². The molecule has 0 saturated carbocycles. The highest BCUT2D eigenvalue weighted by Crippen LogP contribution is 2.20. The molecule has 1 aliphatic heterocycles. The Hall–Kier alpha value is -1.51. The third kappa shape index (κ3) is 4.49. The first kappa shape index (κ1) is 17.8. The van der Waals surface area contributed by atoms with Gasteiger partial charge in [-0.05, 0) is 43.7 Å². The molecule has 1 fully saturated rings. The predicted octanol–water partition coefficient (Wildman–Crippen LogP) is 0.577. The Morgan fingerprint density at radius 1 is 1.22 bits per heavy atom. The minimum Gasteiger partial charge on any atom is -0.358 e. The van der Waals surface area contributed by atoms with E-state index in [-0.39, 0.29) is 23.9 Å². The van der Waals surface area contributed by atoms with Gasteiger partial charge in [-0.3, -0.25) is 9.69 Å². The van der Waals surface area contributed by atoms with Crippen LogP contribution in [-0.2, 0) is 14.8 Å². The minimum atomic E-state index is -3.72. The Morgan fingerprint density at radius 2 is 1.96 bits per heavy atom. The fourth-order valence-corrected chi connectivity index (χ4v) is 4.21. The zero-order valence-corrected chi connectivity index (χ0v) is 14.2. The van der Waals surface area contributed by atoms with Gasteiger partial charge in [0, 0.05) is 26.7 Å². The van der Waals surface area contributed by atoms with Gasteiger partial charge >= 0.3 is 0 Å². The molecular formula is C15H22FN3O3S. The van der Waals surface area contributed by atoms with Crippen molar-refractivity contribution in [3.8, 4) is 0 Å². The van der Waals surface area contributed by atoms with Crippen molar-refractivity contribution < 1.29 is 17.6 Å². The zero-order valence-electron chi connectivity index (χ0n) is 13.4. The molecule has 23 heavy (non-hydrogen) atoms. The first-order valence-corrected chi connectivity index (χ1v) is 8.97. The van der Waals surface area contributed by atoms with Gasteiger partial charge in [-0.25, -0.2) is 12.8 Å². The summed E-state index contributed by atoms with van der Waals surface area (Å²) in [4.78, 5) is 13.3. The molecule has 6 nitrogen and oxygen atoms in total. The van der Waals surface area contributed by atoms with E-state index in [0.717, 1.165) is 6.07 Å². The molecule has 128 valence electrons. The fraction of sp³-hybridized carbons (Fsp3) is 0.533. The molecular weight excluding hydrogens is 321 g/mol. The van der Waals surface area contributed by atoms with Crippen LogP contribution in [0.2, 0.25) is 0 Å². The second-order valence-electron chi connectivity index (χ2n) is 5.67. The molecule has 1 saturated heterocycles. The van der Waals surface area contributed by atoms with Crippen molar-refractivity contribution >= 4 is 15.9 Å². The molecule has 0 atom stereocenters. The summed E-state index contributed by atoms with van der Waals surface area (Å²) in [7, 11) is -2.15. The maximum absolute atomic E-state index is 13.5. The number of benzene rings is 1. The number of likely N-dealkylation sites (N-methyl/N-ethyl adjacent to an activating group) is 1. The van der Waals surface area contributed by atoms with Crippen LogP contribution in [0.1, 0.15) is 12.0 Å². The molecule has 8 heteroatoms. The quantitative estimate of drug-likeness (QED) is 0.868. The smallest absolute Gasteiger partial charge is 0.243 e. The van der Waals surface area contributed by atoms with E-state index in [1.165, 1.54) is 16.4 Å². The highest BCUT2D eigenvalue weighted by atomic mass is 32.2. The SMILES string of the molecule is CNC(=O)CN1CCCN(S(=O)(=O)c2cc(C)cc(F)c2)CC1. The van der Waals surface area contributed by atoms with Gasteiger partial charge in [-0.1, -0.05) is 0 Å². The van der Waals surface area contributed by atoms with E-state index in [4.69, 9.17) is 0 Å². The predicted molar refractivity (Wildman–Crippen MR) is 85.0 cm³/mol. The lowest BCUT2D eigenvalue weighted by molar-refractivity contribution is -0.121. The molecule has 0 radical (unpaired) electrons. The van der Waals surface area contributed by atoms with Gasteiger partial charge in [0.1, 0.15) is 5.82 Å². The molecule has 1 aromatic carbocycles. The standard InChI is InChI=1S/C15H22FN3O3S/c1-12-8-13(16)10-14(9-12)23(21,22)19-5-3-4-18(6-7-19)11-15(20)17-2/h8-10H,3-7,11H2,1-2H3,(H,17,20). The molecule has 1 heterocycles. The second kappa shape index (κ2) is 7.37. The van der Waals surface area contributed by atoms with Gasteiger partial charge < -0.3 is 5.32 Å². The van der Waals surface area contributed by atoms with Crippen LogP contribution in [0.5, 0.6) is 0 Å². The van der Waals surface area contributed by atoms with E-state index in [0.29, 0.717) is 31.6 Å². The average molecular weight is 343 g/mol. The lowest BCUT2D eigenvalue weighted by Gasteiger charge is -2.21. The number of hydrogen-bond acceptors (Lipinski definition) is 4. The van der Waals surface area contributed by atoms with Crippen LogP contribution in [0.3, 0.4) is 0 Å². The largest absolute Gasteiger partial charge is 0.358 e. The number of aryl methyl sites for hydroxylation is 1. The Bertz CT molecular complexity index is 658. The number of hydrogen-bond donors (Lipinski definition) is 1. The average Bonchev–Trinajstić information content (AvgIpc) is 2.72. The monoisotopic (exact) mass is 343 g/mol. The molecule has 0 spiro atoms. The fourth-order valence-electron chi connectivity index (χ4n) is 2.63. The van der Waals surface area contributed by atoms with Crippen LogP contribution in [0.15, 0.2) is 23.1 Å². The highest BCUT2D eigenvalue weighted by molar-refractivity contribution is 7.89. The Balaban J connectivity index is 2.13. The number of carbonyl (C=O) groups is 1. The Labute approximate surface area is 136 Å². The summed E-state index contributed by atoms with van der Waals surface area (Å²) in [5, 5.41) is 2.56. The second-order valence-corrected chi connectivity index (χ2v) is 7.61. The summed E-state index contributed by atoms with van der Waals surface area (Å²) in [6, 6.07) is 3.83. The van der Waals surface area contributed by atoms with Crippen LogP contribution in [0, 0.1) is 12.7 Å². The van der Waals surface area contributed by atoms with Crippen LogP contribution < -0.4 is 5.32 Å². The Morgan fingerprint density at radius 3 is 2.61 bits per heavy atom. The number of rotatable bonds is 4. The molecule has 1 aromatic rings. The molecule has 0 bridgehead atoms. The Kier molecular flexibility index (Phi) is 5.72. The van der Waals surface area contributed by atoms with Gasteiger partial charge in [0.2, 0.25) is 15.9 Å². The van der Waals surface area contributed by atoms with E-state index in [2.05, 4.69) is 5.32 Å². The van der Waals surface area contributed by atoms with E-state index in [9.17, 15) is 17.6 Å². The molecule has 1 amide bonds. The van der Waals surface area contributed by atoms with Gasteiger partial charge in [0.15, 0.2) is 0 Å². The molecule has 0 unspecified atom stereocenters. The minimum absolute atomic E-state index is 0.0187. The van der Waals surface area contributed by atoms with Gasteiger partial charge in [0.05, 0.1) is 11.4 Å². The first-order chi connectivity index (χ1) is 10.8. The number of sulfonamides is 1. The van der Waals surface area contributed by atoms with Crippen molar-refractivity contribution in [3.63, 3.8) is 0 Å². The van der Waals surface area contributed by atoms with E-state index >= 15 is 0 Å². The number of nitrogens with zero attached hydrogens (tertiary/aromatic N) is 2. The topological polar surface area (TPSA) is 69.7 Å². The molecule has 1 N–H and O–H groups in total. The van der Waals surface area contributed by atoms with E-state index < -0.39 is 15.8 Å². The lowest BCUT2D eigenvalue weighted by atomic mass is 10.2. The van der Waals surface area contributed by atoms with E-state index in [1.807, 2.05) is 4.90 Å². The summed E-state index contributed by atoms with van der Waals surface area (Å²) < 4.78 is 40.3. The molecule has 2 rings (SSSR count). The van der Waals surface area contributed by atoms with Gasteiger partial charge in [-0.2, -0.15) is 4.31 Å². The number of amides is 1. The van der Waals surface area contributed by atoms with Gasteiger partial charge in [0.25, 0.3) is 0 Å². The van der Waals surface area contributed by atoms with Crippen molar-refractivity contribution in [2.75, 3.05) is 39.8 Å². The van der Waals surface area contributed by atoms with Crippen molar-refractivity contribution in [2.24, 2.45) is 0 Å². The van der Waals surface area contributed by atoms with Crippen molar-refractivity contribution in [1.82, 2.24) is 14.5 Å². The van der Waals surface area contributed by atoms with Crippen LogP contribution in [0.25, 0.3) is 0 Å². The van der Waals surface area contributed by atoms with Gasteiger partial charge in [-0.15, -0.1) is 0 Å². The molecule has 1 aliphatic rings. The van der Waals surface area contributed by atoms with Crippen LogP contribution in [0.4, 0.5) is 4.39 Å². The summed E-state index contributed by atoms with van der Waals surface area (Å²) in [6.45, 7) is 3.69. The summed E-state index contributed by atoms with van der Waals surface area (Å²) in [5.41, 5.74) is 0.569. The van der Waals surface area contributed by atoms with Crippen molar-refractivity contribution in [1.29, 1.82) is 0 Å². The normalized spacial score (nSPS) is 17.7. The van der Waals surface area contributed by atoms with Crippen LogP contribution in [-0.4, -0.2) is 63.3 Å². The summed E-state index contributed by atoms with van der Waals surface area (Å²) >= 11 is 0. The van der Waals surface area contributed by atoms with E-state index in [1.54, 1.807) is 14.0 Å². The molecule has 0 aliphatic carbocycles. The summed E-state index contributed by atoms with van der Waals surface area (Å²) in [6.07, 6.45) is 0.629.